The van der Waals surface area contributed by atoms with Crippen LogP contribution < -0.4 is 21.3 Å². The number of carbonyl (C=O) groups excluding carboxylic acids is 1. The van der Waals surface area contributed by atoms with Gasteiger partial charge in [-0.2, -0.15) is 8.42 Å². The lowest BCUT2D eigenvalue weighted by molar-refractivity contribution is 0.0831. The standard InChI is InChI=1S/C23H33N5O4S2/c1-14-15(2)21(16(3)17-8-9-23(4,5)32-20(14)17)34(30,31)28-13-27-26-10-6-7-18(24)19(29)22-25-11-12-33-22/h11-13,18,26H,6-10,24H2,1-5H3,(H,27,28)/t18-/m1/s1. The molecule has 2 heterocycles. The third-order valence-corrected chi connectivity index (χ3v) is 8.38. The van der Waals surface area contributed by atoms with E-state index in [4.69, 9.17) is 10.5 Å². The van der Waals surface area contributed by atoms with Gasteiger partial charge in [-0.05, 0) is 82.6 Å². The van der Waals surface area contributed by atoms with Crippen molar-refractivity contribution in [3.63, 3.8) is 0 Å². The number of ether oxygens (including phenoxy) is 1. The molecule has 34 heavy (non-hydrogen) atoms. The Balaban J connectivity index is 1.57. The second-order valence-electron chi connectivity index (χ2n) is 9.10. The van der Waals surface area contributed by atoms with Crippen LogP contribution >= 0.6 is 11.3 Å². The molecule has 0 bridgehead atoms. The predicted octanol–water partition coefficient (Wildman–Crippen LogP) is 2.97. The number of hydrogen-bond acceptors (Lipinski definition) is 8. The number of carbonyl (C=O) groups is 1. The van der Waals surface area contributed by atoms with Gasteiger partial charge in [-0.25, -0.2) is 10.4 Å². The van der Waals surface area contributed by atoms with Crippen molar-refractivity contribution in [2.24, 2.45) is 10.1 Å². The van der Waals surface area contributed by atoms with E-state index in [1.54, 1.807) is 18.5 Å². The summed E-state index contributed by atoms with van der Waals surface area (Å²) in [6.45, 7) is 10.1. The second kappa shape index (κ2) is 10.5. The number of ketones is 1. The number of sulfonamides is 1. The van der Waals surface area contributed by atoms with Crippen molar-refractivity contribution >= 4 is 33.5 Å². The molecule has 0 unspecified atom stereocenters. The average molecular weight is 508 g/mol. The van der Waals surface area contributed by atoms with Crippen LogP contribution in [0.5, 0.6) is 5.75 Å². The first-order chi connectivity index (χ1) is 15.9. The zero-order chi connectivity index (χ0) is 25.1. The Kier molecular flexibility index (Phi) is 8.12. The monoisotopic (exact) mass is 507 g/mol. The number of benzene rings is 1. The highest BCUT2D eigenvalue weighted by Gasteiger charge is 2.33. The highest BCUT2D eigenvalue weighted by Crippen LogP contribution is 2.42. The first-order valence-electron chi connectivity index (χ1n) is 11.2. The van der Waals surface area contributed by atoms with Gasteiger partial charge in [0, 0.05) is 18.1 Å². The van der Waals surface area contributed by atoms with Crippen molar-refractivity contribution in [2.75, 3.05) is 6.54 Å². The maximum absolute atomic E-state index is 13.0. The number of nitrogens with one attached hydrogen (secondary N) is 2. The Hall–Kier alpha value is -2.34. The van der Waals surface area contributed by atoms with Crippen LogP contribution in [-0.2, 0) is 16.4 Å². The number of fused-ring (bicyclic) bond motifs is 1. The summed E-state index contributed by atoms with van der Waals surface area (Å²) in [5.74, 6) is 0.621. The third kappa shape index (κ3) is 5.83. The third-order valence-electron chi connectivity index (χ3n) is 6.08. The van der Waals surface area contributed by atoms with Crippen LogP contribution in [-0.4, -0.2) is 43.7 Å². The maximum Gasteiger partial charge on any atom is 0.284 e. The Morgan fingerprint density at radius 2 is 2.06 bits per heavy atom. The van der Waals surface area contributed by atoms with E-state index in [2.05, 4.69) is 20.2 Å². The van der Waals surface area contributed by atoms with Gasteiger partial charge in [-0.3, -0.25) is 4.79 Å². The van der Waals surface area contributed by atoms with Crippen LogP contribution in [0.4, 0.5) is 0 Å². The number of aromatic nitrogens is 1. The molecule has 0 aliphatic carbocycles. The molecular formula is C23H33N5O4S2. The van der Waals surface area contributed by atoms with Crippen molar-refractivity contribution < 1.29 is 17.9 Å². The van der Waals surface area contributed by atoms with Gasteiger partial charge in [0.1, 0.15) is 17.7 Å². The molecule has 4 N–H and O–H groups in total. The van der Waals surface area contributed by atoms with E-state index in [0.717, 1.165) is 36.1 Å². The van der Waals surface area contributed by atoms with Gasteiger partial charge in [0.2, 0.25) is 5.78 Å². The largest absolute Gasteiger partial charge is 0.487 e. The van der Waals surface area contributed by atoms with E-state index < -0.39 is 16.1 Å². The van der Waals surface area contributed by atoms with Crippen molar-refractivity contribution in [1.29, 1.82) is 0 Å². The number of hydrogen-bond donors (Lipinski definition) is 3. The molecule has 3 rings (SSSR count). The molecule has 186 valence electrons. The average Bonchev–Trinajstić information content (AvgIpc) is 3.30. The van der Waals surface area contributed by atoms with E-state index in [-0.39, 0.29) is 16.3 Å². The number of Topliss-reactive ketones (excluding diaryl/α,β-unsaturated/α-hetero) is 1. The van der Waals surface area contributed by atoms with Crippen LogP contribution in [0.25, 0.3) is 0 Å². The van der Waals surface area contributed by atoms with Crippen LogP contribution in [0, 0.1) is 20.8 Å². The number of hydrazine groups is 1. The molecule has 1 aromatic carbocycles. The second-order valence-corrected chi connectivity index (χ2v) is 11.6. The fourth-order valence-electron chi connectivity index (χ4n) is 4.05. The summed E-state index contributed by atoms with van der Waals surface area (Å²) >= 11 is 1.27. The van der Waals surface area contributed by atoms with Gasteiger partial charge in [-0.15, -0.1) is 15.7 Å². The van der Waals surface area contributed by atoms with Gasteiger partial charge >= 0.3 is 0 Å². The fourth-order valence-corrected chi connectivity index (χ4v) is 6.03. The quantitative estimate of drug-likeness (QED) is 0.147. The smallest absolute Gasteiger partial charge is 0.284 e. The fraction of sp³-hybridized carbons (Fsp3) is 0.522. The summed E-state index contributed by atoms with van der Waals surface area (Å²) < 4.78 is 36.1. The lowest BCUT2D eigenvalue weighted by atomic mass is 9.88. The molecule has 1 aliphatic heterocycles. The van der Waals surface area contributed by atoms with E-state index >= 15 is 0 Å². The Bertz CT molecular complexity index is 1170. The van der Waals surface area contributed by atoms with Crippen molar-refractivity contribution in [3.05, 3.63) is 38.8 Å². The first kappa shape index (κ1) is 26.3. The molecule has 0 amide bonds. The number of nitrogens with two attached hydrogens (primary N) is 1. The van der Waals surface area contributed by atoms with E-state index in [0.29, 0.717) is 35.5 Å². The summed E-state index contributed by atoms with van der Waals surface area (Å²) in [6, 6.07) is -0.616. The van der Waals surface area contributed by atoms with Crippen LogP contribution in [0.3, 0.4) is 0 Å². The molecule has 11 heteroatoms. The topological polar surface area (TPSA) is 136 Å². The predicted molar refractivity (Wildman–Crippen MR) is 134 cm³/mol. The van der Waals surface area contributed by atoms with Crippen LogP contribution in [0.15, 0.2) is 20.9 Å². The molecular weight excluding hydrogens is 474 g/mol. The van der Waals surface area contributed by atoms with Gasteiger partial charge in [0.15, 0.2) is 5.01 Å². The van der Waals surface area contributed by atoms with Gasteiger partial charge in [0.05, 0.1) is 10.9 Å². The number of thiazole rings is 1. The van der Waals surface area contributed by atoms with Crippen molar-refractivity contribution in [1.82, 2.24) is 15.8 Å². The lowest BCUT2D eigenvalue weighted by Gasteiger charge is -2.35. The van der Waals surface area contributed by atoms with Gasteiger partial charge < -0.3 is 15.9 Å². The zero-order valence-electron chi connectivity index (χ0n) is 20.3. The molecule has 0 saturated heterocycles. The minimum absolute atomic E-state index is 0.171. The highest BCUT2D eigenvalue weighted by molar-refractivity contribution is 7.90. The summed E-state index contributed by atoms with van der Waals surface area (Å²) in [5, 5.41) is 2.15. The number of rotatable bonds is 10. The summed E-state index contributed by atoms with van der Waals surface area (Å²) in [6.07, 6.45) is 5.37. The molecule has 0 spiro atoms. The Morgan fingerprint density at radius 1 is 1.32 bits per heavy atom. The molecule has 1 aliphatic rings. The van der Waals surface area contributed by atoms with E-state index in [9.17, 15) is 13.2 Å². The minimum Gasteiger partial charge on any atom is -0.487 e. The van der Waals surface area contributed by atoms with Crippen LogP contribution in [0.2, 0.25) is 0 Å². The molecule has 0 radical (unpaired) electrons. The van der Waals surface area contributed by atoms with Crippen LogP contribution in [0.1, 0.15) is 65.2 Å². The molecule has 0 fully saturated rings. The van der Waals surface area contributed by atoms with Crippen molar-refractivity contribution in [2.45, 2.75) is 76.8 Å². The molecule has 9 nitrogen and oxygen atoms in total. The molecule has 1 atom stereocenters. The SMILES string of the molecule is Cc1c(C)c(S(=O)(=O)N=CNNCCC[C@@H](N)C(=O)c2nccs2)c(C)c2c1OC(C)(C)CC2. The molecule has 1 aromatic heterocycles. The van der Waals surface area contributed by atoms with E-state index in [1.807, 2.05) is 27.7 Å². The zero-order valence-corrected chi connectivity index (χ0v) is 21.9. The number of nitrogens with zero attached hydrogens (tertiary/aromatic N) is 2. The van der Waals surface area contributed by atoms with Crippen molar-refractivity contribution in [3.8, 4) is 5.75 Å². The maximum atomic E-state index is 13.0. The minimum atomic E-state index is -3.91. The van der Waals surface area contributed by atoms with Gasteiger partial charge in [0.25, 0.3) is 10.0 Å². The summed E-state index contributed by atoms with van der Waals surface area (Å²) in [7, 11) is -3.91. The van der Waals surface area contributed by atoms with E-state index in [1.165, 1.54) is 11.3 Å². The molecule has 2 aromatic rings. The molecule has 0 saturated carbocycles. The summed E-state index contributed by atoms with van der Waals surface area (Å²) in [5.41, 5.74) is 14.3. The van der Waals surface area contributed by atoms with Gasteiger partial charge in [-0.1, -0.05) is 0 Å². The lowest BCUT2D eigenvalue weighted by Crippen LogP contribution is -2.35. The normalized spacial score (nSPS) is 16.2. The Morgan fingerprint density at radius 3 is 2.74 bits per heavy atom. The summed E-state index contributed by atoms with van der Waals surface area (Å²) in [4.78, 5) is 16.3. The Labute approximate surface area is 205 Å². The highest BCUT2D eigenvalue weighted by atomic mass is 32.2. The first-order valence-corrected chi connectivity index (χ1v) is 13.5.